The summed E-state index contributed by atoms with van der Waals surface area (Å²) in [4.78, 5) is 24.1. The molecule has 1 rings (SSSR count). The number of carboxylic acid groups (broad SMARTS) is 1. The summed E-state index contributed by atoms with van der Waals surface area (Å²) in [6.45, 7) is 5.84. The lowest BCUT2D eigenvalue weighted by Gasteiger charge is -2.32. The average Bonchev–Trinajstić information content (AvgIpc) is 2.55. The van der Waals surface area contributed by atoms with Crippen LogP contribution in [0.2, 0.25) is 0 Å². The van der Waals surface area contributed by atoms with E-state index in [9.17, 15) is 23.5 Å². The van der Waals surface area contributed by atoms with E-state index >= 15 is 0 Å². The zero-order chi connectivity index (χ0) is 15.0. The Morgan fingerprint density at radius 2 is 1.95 bits per heavy atom. The van der Waals surface area contributed by atoms with Gasteiger partial charge in [-0.25, -0.2) is 18.4 Å². The molecule has 5 nitrogen and oxygen atoms in total. The molecule has 7 heteroatoms. The van der Waals surface area contributed by atoms with E-state index in [1.54, 1.807) is 20.8 Å². The van der Waals surface area contributed by atoms with Gasteiger partial charge in [0, 0.05) is 12.5 Å². The van der Waals surface area contributed by atoms with Gasteiger partial charge in [-0.1, -0.05) is 0 Å². The third-order valence-corrected chi connectivity index (χ3v) is 3.10. The van der Waals surface area contributed by atoms with Gasteiger partial charge in [0.1, 0.15) is 11.1 Å². The van der Waals surface area contributed by atoms with Gasteiger partial charge in [0.25, 0.3) is 0 Å². The lowest BCUT2D eigenvalue weighted by atomic mass is 9.95. The molecule has 0 aromatic carbocycles. The minimum absolute atomic E-state index is 0.279. The van der Waals surface area contributed by atoms with Crippen molar-refractivity contribution in [3.63, 3.8) is 0 Å². The molecule has 0 unspecified atom stereocenters. The van der Waals surface area contributed by atoms with Crippen molar-refractivity contribution in [2.24, 2.45) is 5.92 Å². The Hall–Kier alpha value is -1.40. The summed E-state index contributed by atoms with van der Waals surface area (Å²) in [5.41, 5.74) is -2.46. The predicted molar refractivity (Wildman–Crippen MR) is 63.1 cm³/mol. The third-order valence-electron chi connectivity index (χ3n) is 3.10. The number of rotatable bonds is 2. The standard InChI is InChI=1S/C12H19F2NO4/c1-11(2,3)19-10(18)15-6-7(8(13)14)5-12(15,4)9(16)17/h7-8H,5-6H2,1-4H3,(H,16,17)/t7-,12+/m1/s1. The predicted octanol–water partition coefficient (Wildman–Crippen LogP) is 2.35. The number of likely N-dealkylation sites (tertiary alicyclic amines) is 1. The first-order valence-electron chi connectivity index (χ1n) is 5.99. The first-order chi connectivity index (χ1) is 8.47. The molecule has 1 fully saturated rings. The van der Waals surface area contributed by atoms with E-state index in [4.69, 9.17) is 4.74 Å². The first-order valence-corrected chi connectivity index (χ1v) is 5.99. The quantitative estimate of drug-likeness (QED) is 0.842. The van der Waals surface area contributed by atoms with Crippen molar-refractivity contribution in [1.82, 2.24) is 4.90 Å². The van der Waals surface area contributed by atoms with Crippen LogP contribution in [-0.4, -0.2) is 46.2 Å². The molecule has 0 bridgehead atoms. The van der Waals surface area contributed by atoms with Crippen molar-refractivity contribution in [3.8, 4) is 0 Å². The fraction of sp³-hybridized carbons (Fsp3) is 0.833. The van der Waals surface area contributed by atoms with Crippen LogP contribution < -0.4 is 0 Å². The Labute approximate surface area is 110 Å². The zero-order valence-electron chi connectivity index (χ0n) is 11.4. The summed E-state index contributed by atoms with van der Waals surface area (Å²) in [6, 6.07) is 0. The molecule has 1 heterocycles. The second-order valence-corrected chi connectivity index (χ2v) is 5.97. The molecule has 0 spiro atoms. The van der Waals surface area contributed by atoms with Gasteiger partial charge in [0.15, 0.2) is 0 Å². The number of halogens is 2. The van der Waals surface area contributed by atoms with Gasteiger partial charge in [0.2, 0.25) is 6.43 Å². The molecule has 1 saturated heterocycles. The van der Waals surface area contributed by atoms with Crippen molar-refractivity contribution in [1.29, 1.82) is 0 Å². The van der Waals surface area contributed by atoms with Crippen LogP contribution in [0.3, 0.4) is 0 Å². The summed E-state index contributed by atoms with van der Waals surface area (Å²) in [5.74, 6) is -2.45. The number of aliphatic carboxylic acids is 1. The van der Waals surface area contributed by atoms with Crippen molar-refractivity contribution in [3.05, 3.63) is 0 Å². The topological polar surface area (TPSA) is 66.8 Å². The molecule has 0 radical (unpaired) electrons. The van der Waals surface area contributed by atoms with E-state index in [1.165, 1.54) is 6.92 Å². The lowest BCUT2D eigenvalue weighted by molar-refractivity contribution is -0.148. The van der Waals surface area contributed by atoms with Gasteiger partial charge in [-0.2, -0.15) is 0 Å². The second kappa shape index (κ2) is 4.94. The fourth-order valence-electron chi connectivity index (χ4n) is 2.09. The molecule has 1 amide bonds. The molecule has 1 N–H and O–H groups in total. The molecule has 110 valence electrons. The largest absolute Gasteiger partial charge is 0.480 e. The minimum Gasteiger partial charge on any atom is -0.480 e. The van der Waals surface area contributed by atoms with Crippen LogP contribution in [0.15, 0.2) is 0 Å². The maximum atomic E-state index is 12.7. The summed E-state index contributed by atoms with van der Waals surface area (Å²) >= 11 is 0. The van der Waals surface area contributed by atoms with Crippen molar-refractivity contribution in [2.75, 3.05) is 6.54 Å². The maximum Gasteiger partial charge on any atom is 0.411 e. The van der Waals surface area contributed by atoms with E-state index in [-0.39, 0.29) is 13.0 Å². The smallest absolute Gasteiger partial charge is 0.411 e. The zero-order valence-corrected chi connectivity index (χ0v) is 11.4. The van der Waals surface area contributed by atoms with E-state index in [2.05, 4.69) is 0 Å². The minimum atomic E-state index is -2.66. The Morgan fingerprint density at radius 3 is 2.32 bits per heavy atom. The number of carbonyl (C=O) groups is 2. The van der Waals surface area contributed by atoms with Gasteiger partial charge < -0.3 is 9.84 Å². The van der Waals surface area contributed by atoms with E-state index < -0.39 is 35.5 Å². The fourth-order valence-corrected chi connectivity index (χ4v) is 2.09. The van der Waals surface area contributed by atoms with E-state index in [0.29, 0.717) is 0 Å². The molecule has 1 aliphatic heterocycles. The van der Waals surface area contributed by atoms with Gasteiger partial charge in [0.05, 0.1) is 0 Å². The summed E-state index contributed by atoms with van der Waals surface area (Å²) in [6.07, 6.45) is -3.81. The van der Waals surface area contributed by atoms with Crippen LogP contribution in [0.4, 0.5) is 13.6 Å². The van der Waals surface area contributed by atoms with Gasteiger partial charge in [-0.15, -0.1) is 0 Å². The maximum absolute atomic E-state index is 12.7. The number of hydrogen-bond donors (Lipinski definition) is 1. The second-order valence-electron chi connectivity index (χ2n) is 5.97. The number of amides is 1. The number of carbonyl (C=O) groups excluding carboxylic acids is 1. The van der Waals surface area contributed by atoms with Crippen LogP contribution in [0, 0.1) is 5.92 Å². The molecule has 1 aliphatic rings. The van der Waals surface area contributed by atoms with Crippen LogP contribution in [-0.2, 0) is 9.53 Å². The Kier molecular flexibility index (Phi) is 4.07. The van der Waals surface area contributed by atoms with Crippen LogP contribution >= 0.6 is 0 Å². The van der Waals surface area contributed by atoms with Gasteiger partial charge in [-0.05, 0) is 34.1 Å². The SMILES string of the molecule is CC(C)(C)OC(=O)N1C[C@H](C(F)F)C[C@@]1(C)C(=O)O. The number of hydrogen-bond acceptors (Lipinski definition) is 3. The molecule has 0 saturated carbocycles. The number of alkyl halides is 2. The molecule has 2 atom stereocenters. The third kappa shape index (κ3) is 3.33. The number of carboxylic acids is 1. The van der Waals surface area contributed by atoms with Crippen LogP contribution in [0.1, 0.15) is 34.1 Å². The number of nitrogens with zero attached hydrogens (tertiary/aromatic N) is 1. The molecule has 0 aromatic rings. The molecule has 0 aromatic heterocycles. The normalized spacial score (nSPS) is 27.7. The summed E-state index contributed by atoms with van der Waals surface area (Å²) in [7, 11) is 0. The highest BCUT2D eigenvalue weighted by molar-refractivity contribution is 5.85. The Balaban J connectivity index is 2.96. The highest BCUT2D eigenvalue weighted by Gasteiger charge is 2.53. The Bertz CT molecular complexity index is 380. The highest BCUT2D eigenvalue weighted by atomic mass is 19.3. The lowest BCUT2D eigenvalue weighted by Crippen LogP contribution is -2.52. The molecule has 19 heavy (non-hydrogen) atoms. The first kappa shape index (κ1) is 15.7. The van der Waals surface area contributed by atoms with Crippen LogP contribution in [0.5, 0.6) is 0 Å². The number of ether oxygens (including phenoxy) is 1. The van der Waals surface area contributed by atoms with Crippen molar-refractivity contribution >= 4 is 12.1 Å². The van der Waals surface area contributed by atoms with Crippen molar-refractivity contribution < 1.29 is 28.2 Å². The van der Waals surface area contributed by atoms with Crippen LogP contribution in [0.25, 0.3) is 0 Å². The average molecular weight is 279 g/mol. The van der Waals surface area contributed by atoms with E-state index in [0.717, 1.165) is 4.90 Å². The van der Waals surface area contributed by atoms with Gasteiger partial charge >= 0.3 is 12.1 Å². The highest BCUT2D eigenvalue weighted by Crippen LogP contribution is 2.37. The van der Waals surface area contributed by atoms with Gasteiger partial charge in [-0.3, -0.25) is 4.90 Å². The van der Waals surface area contributed by atoms with E-state index in [1.807, 2.05) is 0 Å². The Morgan fingerprint density at radius 1 is 1.42 bits per heavy atom. The summed E-state index contributed by atoms with van der Waals surface area (Å²) in [5, 5.41) is 9.20. The monoisotopic (exact) mass is 279 g/mol. The molecular formula is C12H19F2NO4. The molecule has 0 aliphatic carbocycles. The molecular weight excluding hydrogens is 260 g/mol. The van der Waals surface area contributed by atoms with Crippen molar-refractivity contribution in [2.45, 2.75) is 51.7 Å². The summed E-state index contributed by atoms with van der Waals surface area (Å²) < 4.78 is 30.6.